The van der Waals surface area contributed by atoms with Gasteiger partial charge in [-0.05, 0) is 25.1 Å². The van der Waals surface area contributed by atoms with Crippen LogP contribution in [0.2, 0.25) is 0 Å². The highest BCUT2D eigenvalue weighted by molar-refractivity contribution is 5.70. The average molecular weight is 253 g/mol. The Morgan fingerprint density at radius 1 is 1.50 bits per heavy atom. The molecule has 1 N–H and O–H groups in total. The molecule has 5 heteroatoms. The van der Waals surface area contributed by atoms with Crippen LogP contribution in [0.25, 0.3) is 0 Å². The molecule has 1 aliphatic rings. The topological polar surface area (TPSA) is 49.8 Å². The minimum absolute atomic E-state index is 0.242. The first-order valence-electron chi connectivity index (χ1n) is 5.99. The molecule has 1 fully saturated rings. The predicted molar refractivity (Wildman–Crippen MR) is 64.1 cm³/mol. The van der Waals surface area contributed by atoms with Gasteiger partial charge >= 0.3 is 5.97 Å². The Balaban J connectivity index is 1.74. The normalized spacial score (nSPS) is 19.9. The zero-order chi connectivity index (χ0) is 13.0. The van der Waals surface area contributed by atoms with Crippen molar-refractivity contribution in [2.24, 2.45) is 5.92 Å². The summed E-state index contributed by atoms with van der Waals surface area (Å²) in [6, 6.07) is 6.26. The van der Waals surface area contributed by atoms with Gasteiger partial charge in [-0.15, -0.1) is 0 Å². The SMILES string of the molecule is O=C(O)[C@@H]1CCN(CCOc2ccccc2F)C1. The van der Waals surface area contributed by atoms with Crippen LogP contribution in [0.15, 0.2) is 24.3 Å². The first-order valence-corrected chi connectivity index (χ1v) is 5.99. The van der Waals surface area contributed by atoms with Crippen LogP contribution < -0.4 is 4.74 Å². The fraction of sp³-hybridized carbons (Fsp3) is 0.462. The van der Waals surface area contributed by atoms with E-state index in [1.807, 2.05) is 4.90 Å². The van der Waals surface area contributed by atoms with Gasteiger partial charge in [-0.25, -0.2) is 4.39 Å². The van der Waals surface area contributed by atoms with Gasteiger partial charge in [0.05, 0.1) is 5.92 Å². The number of nitrogens with zero attached hydrogens (tertiary/aromatic N) is 1. The Labute approximate surface area is 105 Å². The van der Waals surface area contributed by atoms with E-state index in [9.17, 15) is 9.18 Å². The van der Waals surface area contributed by atoms with E-state index in [1.165, 1.54) is 6.07 Å². The number of carboxylic acid groups (broad SMARTS) is 1. The summed E-state index contributed by atoms with van der Waals surface area (Å²) in [6.07, 6.45) is 0.676. The fourth-order valence-corrected chi connectivity index (χ4v) is 2.08. The van der Waals surface area contributed by atoms with Gasteiger partial charge in [-0.2, -0.15) is 0 Å². The van der Waals surface area contributed by atoms with Gasteiger partial charge in [0, 0.05) is 13.1 Å². The molecule has 2 rings (SSSR count). The van der Waals surface area contributed by atoms with E-state index >= 15 is 0 Å². The number of halogens is 1. The Kier molecular flexibility index (Phi) is 4.15. The first-order chi connectivity index (χ1) is 8.66. The van der Waals surface area contributed by atoms with Crippen LogP contribution in [0.4, 0.5) is 4.39 Å². The molecule has 0 unspecified atom stereocenters. The second kappa shape index (κ2) is 5.82. The molecule has 0 aromatic heterocycles. The zero-order valence-corrected chi connectivity index (χ0v) is 10.0. The van der Waals surface area contributed by atoms with Crippen molar-refractivity contribution in [2.75, 3.05) is 26.2 Å². The van der Waals surface area contributed by atoms with Crippen molar-refractivity contribution in [3.8, 4) is 5.75 Å². The Morgan fingerprint density at radius 2 is 2.28 bits per heavy atom. The van der Waals surface area contributed by atoms with E-state index in [-0.39, 0.29) is 17.5 Å². The summed E-state index contributed by atoms with van der Waals surface area (Å²) < 4.78 is 18.6. The molecular formula is C13H16FNO3. The van der Waals surface area contributed by atoms with Crippen LogP contribution in [0.5, 0.6) is 5.75 Å². The lowest BCUT2D eigenvalue weighted by atomic mass is 10.1. The van der Waals surface area contributed by atoms with Crippen LogP contribution in [0.1, 0.15) is 6.42 Å². The van der Waals surface area contributed by atoms with Crippen molar-refractivity contribution in [1.29, 1.82) is 0 Å². The summed E-state index contributed by atoms with van der Waals surface area (Å²) in [5.41, 5.74) is 0. The largest absolute Gasteiger partial charge is 0.489 e. The summed E-state index contributed by atoms with van der Waals surface area (Å²) in [7, 11) is 0. The lowest BCUT2D eigenvalue weighted by molar-refractivity contribution is -0.141. The summed E-state index contributed by atoms with van der Waals surface area (Å²) in [5.74, 6) is -1.15. The van der Waals surface area contributed by atoms with Crippen LogP contribution in [-0.4, -0.2) is 42.2 Å². The molecule has 0 radical (unpaired) electrons. The monoisotopic (exact) mass is 253 g/mol. The minimum atomic E-state index is -0.743. The predicted octanol–water partition coefficient (Wildman–Crippen LogP) is 1.61. The number of ether oxygens (including phenoxy) is 1. The highest BCUT2D eigenvalue weighted by atomic mass is 19.1. The number of aliphatic carboxylic acids is 1. The lowest BCUT2D eigenvalue weighted by Crippen LogP contribution is -2.27. The van der Waals surface area contributed by atoms with Crippen molar-refractivity contribution in [3.63, 3.8) is 0 Å². The second-order valence-electron chi connectivity index (χ2n) is 4.40. The molecule has 0 bridgehead atoms. The molecule has 0 aliphatic carbocycles. The maximum absolute atomic E-state index is 13.2. The molecule has 1 aliphatic heterocycles. The molecule has 1 saturated heterocycles. The van der Waals surface area contributed by atoms with Gasteiger partial charge in [-0.3, -0.25) is 9.69 Å². The van der Waals surface area contributed by atoms with E-state index < -0.39 is 5.97 Å². The molecule has 1 aromatic rings. The number of likely N-dealkylation sites (tertiary alicyclic amines) is 1. The molecule has 18 heavy (non-hydrogen) atoms. The van der Waals surface area contributed by atoms with Gasteiger partial charge in [0.2, 0.25) is 0 Å². The van der Waals surface area contributed by atoms with Gasteiger partial charge in [0.15, 0.2) is 11.6 Å². The van der Waals surface area contributed by atoms with Crippen LogP contribution in [0.3, 0.4) is 0 Å². The maximum atomic E-state index is 13.2. The van der Waals surface area contributed by atoms with E-state index in [0.29, 0.717) is 26.1 Å². The van der Waals surface area contributed by atoms with E-state index in [4.69, 9.17) is 9.84 Å². The molecule has 1 heterocycles. The number of carbonyl (C=O) groups is 1. The number of para-hydroxylation sites is 1. The number of rotatable bonds is 5. The van der Waals surface area contributed by atoms with Gasteiger partial charge in [0.25, 0.3) is 0 Å². The Morgan fingerprint density at radius 3 is 2.94 bits per heavy atom. The van der Waals surface area contributed by atoms with Gasteiger partial charge in [-0.1, -0.05) is 12.1 Å². The third-order valence-corrected chi connectivity index (χ3v) is 3.12. The van der Waals surface area contributed by atoms with Crippen LogP contribution in [-0.2, 0) is 4.79 Å². The van der Waals surface area contributed by atoms with Crippen molar-refractivity contribution < 1.29 is 19.0 Å². The minimum Gasteiger partial charge on any atom is -0.489 e. The Hall–Kier alpha value is -1.62. The van der Waals surface area contributed by atoms with Crippen LogP contribution in [0, 0.1) is 11.7 Å². The molecule has 1 aromatic carbocycles. The van der Waals surface area contributed by atoms with Crippen molar-refractivity contribution in [1.82, 2.24) is 4.90 Å². The lowest BCUT2D eigenvalue weighted by Gasteiger charge is -2.15. The van der Waals surface area contributed by atoms with Crippen LogP contribution >= 0.6 is 0 Å². The van der Waals surface area contributed by atoms with Crippen molar-refractivity contribution in [2.45, 2.75) is 6.42 Å². The number of hydrogen-bond donors (Lipinski definition) is 1. The van der Waals surface area contributed by atoms with Crippen molar-refractivity contribution >= 4 is 5.97 Å². The zero-order valence-electron chi connectivity index (χ0n) is 10.0. The number of benzene rings is 1. The molecule has 4 nitrogen and oxygen atoms in total. The summed E-state index contributed by atoms with van der Waals surface area (Å²) in [5, 5.41) is 8.86. The summed E-state index contributed by atoms with van der Waals surface area (Å²) in [4.78, 5) is 12.8. The van der Waals surface area contributed by atoms with Gasteiger partial charge in [0.1, 0.15) is 6.61 Å². The smallest absolute Gasteiger partial charge is 0.307 e. The van der Waals surface area contributed by atoms with Gasteiger partial charge < -0.3 is 9.84 Å². The third-order valence-electron chi connectivity index (χ3n) is 3.12. The molecule has 0 saturated carbocycles. The van der Waals surface area contributed by atoms with E-state index in [0.717, 1.165) is 6.54 Å². The fourth-order valence-electron chi connectivity index (χ4n) is 2.08. The highest BCUT2D eigenvalue weighted by Crippen LogP contribution is 2.17. The Bertz CT molecular complexity index is 424. The number of hydrogen-bond acceptors (Lipinski definition) is 3. The van der Waals surface area contributed by atoms with E-state index in [1.54, 1.807) is 18.2 Å². The molecular weight excluding hydrogens is 237 g/mol. The summed E-state index contributed by atoms with van der Waals surface area (Å²) in [6.45, 7) is 2.30. The molecule has 0 amide bonds. The van der Waals surface area contributed by atoms with Crippen molar-refractivity contribution in [3.05, 3.63) is 30.1 Å². The second-order valence-corrected chi connectivity index (χ2v) is 4.40. The third kappa shape index (κ3) is 3.20. The standard InChI is InChI=1S/C13H16FNO3/c14-11-3-1-2-4-12(11)18-8-7-15-6-5-10(9-15)13(16)17/h1-4,10H,5-9H2,(H,16,17)/t10-/m1/s1. The molecule has 1 atom stereocenters. The van der Waals surface area contributed by atoms with E-state index in [2.05, 4.69) is 0 Å². The molecule has 98 valence electrons. The average Bonchev–Trinajstić information content (AvgIpc) is 2.80. The quantitative estimate of drug-likeness (QED) is 0.866. The first kappa shape index (κ1) is 12.8. The summed E-state index contributed by atoms with van der Waals surface area (Å²) >= 11 is 0. The maximum Gasteiger partial charge on any atom is 0.307 e. The number of carboxylic acids is 1. The highest BCUT2D eigenvalue weighted by Gasteiger charge is 2.27. The molecule has 0 spiro atoms.